The van der Waals surface area contributed by atoms with Gasteiger partial charge < -0.3 is 14.8 Å². The van der Waals surface area contributed by atoms with Crippen LogP contribution in [0.3, 0.4) is 0 Å². The van der Waals surface area contributed by atoms with Crippen molar-refractivity contribution in [3.63, 3.8) is 0 Å². The van der Waals surface area contributed by atoms with E-state index in [1.165, 1.54) is 25.0 Å². The van der Waals surface area contributed by atoms with Gasteiger partial charge in [0.05, 0.1) is 35.9 Å². The van der Waals surface area contributed by atoms with Gasteiger partial charge >= 0.3 is 0 Å². The van der Waals surface area contributed by atoms with Crippen molar-refractivity contribution in [1.29, 1.82) is 0 Å². The number of rotatable bonds is 6. The van der Waals surface area contributed by atoms with Gasteiger partial charge in [-0.1, -0.05) is 0 Å². The molecule has 1 saturated carbocycles. The maximum Gasteiger partial charge on any atom is 0.259 e. The first kappa shape index (κ1) is 20.9. The quantitative estimate of drug-likeness (QED) is 0.591. The molecule has 0 atom stereocenters. The molecule has 0 aliphatic heterocycles. The molecule has 1 N–H and O–H groups in total. The van der Waals surface area contributed by atoms with Crippen LogP contribution in [-0.4, -0.2) is 28.9 Å². The van der Waals surface area contributed by atoms with Crippen LogP contribution in [0.1, 0.15) is 47.4 Å². The van der Waals surface area contributed by atoms with Gasteiger partial charge in [-0.25, -0.2) is 9.07 Å². The first-order valence-electron chi connectivity index (χ1n) is 10.4. The number of carbonyl (C=O) groups excluding carboxylic acids is 1. The molecule has 0 unspecified atom stereocenters. The molecule has 1 fully saturated rings. The van der Waals surface area contributed by atoms with Crippen molar-refractivity contribution < 1.29 is 18.7 Å². The molecular formula is C24H26FN3O3. The van der Waals surface area contributed by atoms with E-state index in [0.717, 1.165) is 12.8 Å². The number of anilines is 1. The van der Waals surface area contributed by atoms with Gasteiger partial charge in [0.2, 0.25) is 0 Å². The van der Waals surface area contributed by atoms with E-state index >= 15 is 0 Å². The molecule has 162 valence electrons. The predicted molar refractivity (Wildman–Crippen MR) is 117 cm³/mol. The number of ether oxygens (including phenoxy) is 2. The molecule has 0 spiro atoms. The van der Waals surface area contributed by atoms with Gasteiger partial charge in [0.25, 0.3) is 5.91 Å². The molecule has 3 aromatic rings. The van der Waals surface area contributed by atoms with Gasteiger partial charge in [0.1, 0.15) is 5.82 Å². The number of halogens is 1. The van der Waals surface area contributed by atoms with Crippen molar-refractivity contribution in [2.75, 3.05) is 12.4 Å². The number of benzene rings is 2. The zero-order valence-electron chi connectivity index (χ0n) is 17.9. The van der Waals surface area contributed by atoms with E-state index in [1.54, 1.807) is 49.0 Å². The number of methoxy groups -OCH3 is 1. The van der Waals surface area contributed by atoms with Crippen LogP contribution in [0.25, 0.3) is 5.69 Å². The lowest BCUT2D eigenvalue weighted by Crippen LogP contribution is -2.15. The van der Waals surface area contributed by atoms with Crippen molar-refractivity contribution in [2.45, 2.75) is 45.6 Å². The van der Waals surface area contributed by atoms with Crippen LogP contribution in [-0.2, 0) is 0 Å². The van der Waals surface area contributed by atoms with E-state index in [1.807, 2.05) is 6.92 Å². The third-order valence-electron chi connectivity index (χ3n) is 5.61. The maximum absolute atomic E-state index is 13.3. The Balaban J connectivity index is 1.57. The number of aromatic nitrogens is 2. The first-order chi connectivity index (χ1) is 15.0. The molecule has 0 saturated heterocycles. The van der Waals surface area contributed by atoms with Crippen LogP contribution in [0.2, 0.25) is 0 Å². The van der Waals surface area contributed by atoms with Crippen molar-refractivity contribution in [1.82, 2.24) is 9.78 Å². The van der Waals surface area contributed by atoms with Gasteiger partial charge in [-0.05, 0) is 75.9 Å². The molecule has 1 aliphatic carbocycles. The van der Waals surface area contributed by atoms with Gasteiger partial charge in [-0.2, -0.15) is 5.10 Å². The molecule has 1 heterocycles. The molecule has 31 heavy (non-hydrogen) atoms. The van der Waals surface area contributed by atoms with Crippen LogP contribution in [0, 0.1) is 19.7 Å². The lowest BCUT2D eigenvalue weighted by Gasteiger charge is -2.17. The van der Waals surface area contributed by atoms with E-state index in [-0.39, 0.29) is 17.8 Å². The van der Waals surface area contributed by atoms with E-state index in [2.05, 4.69) is 10.4 Å². The third-order valence-corrected chi connectivity index (χ3v) is 5.61. The summed E-state index contributed by atoms with van der Waals surface area (Å²) in [5, 5.41) is 7.42. The predicted octanol–water partition coefficient (Wildman–Crippen LogP) is 5.21. The molecule has 1 aliphatic rings. The Morgan fingerprint density at radius 3 is 2.48 bits per heavy atom. The van der Waals surface area contributed by atoms with Gasteiger partial charge in [0.15, 0.2) is 11.5 Å². The molecule has 1 amide bonds. The minimum absolute atomic E-state index is 0.179. The monoisotopic (exact) mass is 423 g/mol. The lowest BCUT2D eigenvalue weighted by molar-refractivity contribution is 0.102. The number of nitrogens with one attached hydrogen (secondary N) is 1. The van der Waals surface area contributed by atoms with Crippen molar-refractivity contribution in [3.05, 3.63) is 65.2 Å². The summed E-state index contributed by atoms with van der Waals surface area (Å²) in [7, 11) is 1.60. The summed E-state index contributed by atoms with van der Waals surface area (Å²) in [6.07, 6.45) is 4.57. The Morgan fingerprint density at radius 1 is 1.10 bits per heavy atom. The zero-order valence-corrected chi connectivity index (χ0v) is 17.9. The number of hydrogen-bond acceptors (Lipinski definition) is 4. The molecule has 0 radical (unpaired) electrons. The standard InChI is InChI=1S/C24H26FN3O3/c1-15-23(16(2)28(27-15)19-11-8-17(25)9-12-19)24(29)26-18-10-13-21(30-3)22(14-18)31-20-6-4-5-7-20/h8-14,20H,4-7H2,1-3H3,(H,26,29). The minimum atomic E-state index is -0.321. The second-order valence-electron chi connectivity index (χ2n) is 7.78. The molecule has 7 heteroatoms. The van der Waals surface area contributed by atoms with Gasteiger partial charge in [-0.15, -0.1) is 0 Å². The summed E-state index contributed by atoms with van der Waals surface area (Å²) in [5.41, 5.74) is 3.07. The summed E-state index contributed by atoms with van der Waals surface area (Å²) in [6, 6.07) is 11.4. The van der Waals surface area contributed by atoms with Gasteiger partial charge in [-0.3, -0.25) is 4.79 Å². The highest BCUT2D eigenvalue weighted by Crippen LogP contribution is 2.34. The Bertz CT molecular complexity index is 1090. The highest BCUT2D eigenvalue weighted by Gasteiger charge is 2.22. The number of amides is 1. The molecular weight excluding hydrogens is 397 g/mol. The van der Waals surface area contributed by atoms with Crippen LogP contribution >= 0.6 is 0 Å². The average Bonchev–Trinajstić information content (AvgIpc) is 3.36. The number of nitrogens with zero attached hydrogens (tertiary/aromatic N) is 2. The van der Waals surface area contributed by atoms with E-state index in [0.29, 0.717) is 39.8 Å². The maximum atomic E-state index is 13.3. The summed E-state index contributed by atoms with van der Waals surface area (Å²) in [5.74, 6) is 0.683. The fourth-order valence-corrected chi connectivity index (χ4v) is 4.03. The smallest absolute Gasteiger partial charge is 0.259 e. The summed E-state index contributed by atoms with van der Waals surface area (Å²) < 4.78 is 26.4. The Kier molecular flexibility index (Phi) is 5.93. The third kappa shape index (κ3) is 4.40. The molecule has 0 bridgehead atoms. The van der Waals surface area contributed by atoms with Crippen molar-refractivity contribution in [2.24, 2.45) is 0 Å². The molecule has 2 aromatic carbocycles. The average molecular weight is 423 g/mol. The zero-order chi connectivity index (χ0) is 22.0. The van der Waals surface area contributed by atoms with Crippen LogP contribution in [0.5, 0.6) is 11.5 Å². The summed E-state index contributed by atoms with van der Waals surface area (Å²) >= 11 is 0. The second kappa shape index (κ2) is 8.79. The van der Waals surface area contributed by atoms with Crippen molar-refractivity contribution in [3.8, 4) is 17.2 Å². The Hall–Kier alpha value is -3.35. The van der Waals surface area contributed by atoms with Crippen LogP contribution in [0.4, 0.5) is 10.1 Å². The number of carbonyl (C=O) groups is 1. The fraction of sp³-hybridized carbons (Fsp3) is 0.333. The minimum Gasteiger partial charge on any atom is -0.493 e. The van der Waals surface area contributed by atoms with E-state index < -0.39 is 0 Å². The first-order valence-corrected chi connectivity index (χ1v) is 10.4. The van der Waals surface area contributed by atoms with Crippen molar-refractivity contribution >= 4 is 11.6 Å². The topological polar surface area (TPSA) is 65.4 Å². The highest BCUT2D eigenvalue weighted by molar-refractivity contribution is 6.06. The number of hydrogen-bond donors (Lipinski definition) is 1. The van der Waals surface area contributed by atoms with E-state index in [9.17, 15) is 9.18 Å². The Labute approximate surface area is 181 Å². The Morgan fingerprint density at radius 2 is 1.81 bits per heavy atom. The summed E-state index contributed by atoms with van der Waals surface area (Å²) in [4.78, 5) is 13.1. The fourth-order valence-electron chi connectivity index (χ4n) is 4.03. The summed E-state index contributed by atoms with van der Waals surface area (Å²) in [6.45, 7) is 3.60. The molecule has 1 aromatic heterocycles. The highest BCUT2D eigenvalue weighted by atomic mass is 19.1. The van der Waals surface area contributed by atoms with E-state index in [4.69, 9.17) is 9.47 Å². The van der Waals surface area contributed by atoms with Crippen LogP contribution < -0.4 is 14.8 Å². The van der Waals surface area contributed by atoms with Crippen LogP contribution in [0.15, 0.2) is 42.5 Å². The molecule has 6 nitrogen and oxygen atoms in total. The largest absolute Gasteiger partial charge is 0.493 e. The second-order valence-corrected chi connectivity index (χ2v) is 7.78. The molecule has 4 rings (SSSR count). The lowest BCUT2D eigenvalue weighted by atomic mass is 10.1. The SMILES string of the molecule is COc1ccc(NC(=O)c2c(C)nn(-c3ccc(F)cc3)c2C)cc1OC1CCCC1. The number of aryl methyl sites for hydroxylation is 1. The normalized spacial score (nSPS) is 13.9. The van der Waals surface area contributed by atoms with Gasteiger partial charge in [0, 0.05) is 11.8 Å².